The molecular formula is C24H20N6OS. The predicted octanol–water partition coefficient (Wildman–Crippen LogP) is 4.55. The molecule has 0 atom stereocenters. The molecule has 5 aromatic rings. The van der Waals surface area contributed by atoms with Gasteiger partial charge in [-0.1, -0.05) is 47.7 Å². The lowest BCUT2D eigenvalue weighted by atomic mass is 10.0. The van der Waals surface area contributed by atoms with Gasteiger partial charge in [-0.05, 0) is 41.0 Å². The molecule has 0 saturated carbocycles. The minimum Gasteiger partial charge on any atom is -0.359 e. The number of likely N-dealkylation sites (N-methyl/N-ethyl adjacent to an activating group) is 1. The third-order valence-corrected chi connectivity index (χ3v) is 5.82. The van der Waals surface area contributed by atoms with Crippen molar-refractivity contribution >= 4 is 33.7 Å². The van der Waals surface area contributed by atoms with Gasteiger partial charge in [0.2, 0.25) is 11.0 Å². The number of nitrogens with one attached hydrogen (secondary N) is 2. The van der Waals surface area contributed by atoms with Gasteiger partial charge in [-0.15, -0.1) is 10.2 Å². The van der Waals surface area contributed by atoms with Gasteiger partial charge in [-0.25, -0.2) is 4.98 Å². The largest absolute Gasteiger partial charge is 0.359 e. The van der Waals surface area contributed by atoms with Crippen molar-refractivity contribution in [3.8, 4) is 22.4 Å². The van der Waals surface area contributed by atoms with E-state index in [1.807, 2.05) is 48.8 Å². The van der Waals surface area contributed by atoms with Crippen LogP contribution in [0.25, 0.3) is 28.0 Å². The molecule has 5 rings (SSSR count). The Morgan fingerprint density at radius 2 is 1.91 bits per heavy atom. The lowest BCUT2D eigenvalue weighted by molar-refractivity contribution is -0.119. The van der Waals surface area contributed by atoms with Crippen LogP contribution >= 0.6 is 11.3 Å². The molecule has 3 heterocycles. The summed E-state index contributed by atoms with van der Waals surface area (Å²) in [4.78, 5) is 16.2. The van der Waals surface area contributed by atoms with Crippen molar-refractivity contribution in [2.24, 2.45) is 0 Å². The molecule has 8 heteroatoms. The summed E-state index contributed by atoms with van der Waals surface area (Å²) in [5.41, 5.74) is 8.72. The van der Waals surface area contributed by atoms with Crippen molar-refractivity contribution in [1.82, 2.24) is 24.9 Å². The molecule has 0 aliphatic carbocycles. The number of aromatic nitrogens is 4. The van der Waals surface area contributed by atoms with E-state index < -0.39 is 0 Å². The van der Waals surface area contributed by atoms with Gasteiger partial charge in [0.05, 0.1) is 18.3 Å². The Morgan fingerprint density at radius 3 is 2.69 bits per heavy atom. The fourth-order valence-electron chi connectivity index (χ4n) is 3.57. The fourth-order valence-corrected chi connectivity index (χ4v) is 4.04. The Bertz CT molecular complexity index is 1380. The third-order valence-electron chi connectivity index (χ3n) is 5.21. The first-order valence-corrected chi connectivity index (χ1v) is 11.0. The van der Waals surface area contributed by atoms with E-state index in [4.69, 9.17) is 0 Å². The Hall–Kier alpha value is -4.04. The Labute approximate surface area is 188 Å². The molecule has 0 aliphatic rings. The number of pyridine rings is 1. The molecule has 7 nitrogen and oxygen atoms in total. The highest BCUT2D eigenvalue weighted by atomic mass is 32.1. The zero-order valence-electron chi connectivity index (χ0n) is 17.3. The summed E-state index contributed by atoms with van der Waals surface area (Å²) < 4.78 is 2.08. The second kappa shape index (κ2) is 8.60. The normalized spacial score (nSPS) is 10.9. The molecular weight excluding hydrogens is 420 g/mol. The number of benzene rings is 2. The van der Waals surface area contributed by atoms with Gasteiger partial charge in [0, 0.05) is 24.5 Å². The molecule has 32 heavy (non-hydrogen) atoms. The first-order valence-electron chi connectivity index (χ1n) is 10.1. The molecule has 158 valence electrons. The van der Waals surface area contributed by atoms with Crippen molar-refractivity contribution < 1.29 is 4.79 Å². The number of hydrogen-bond donors (Lipinski definition) is 2. The summed E-state index contributed by atoms with van der Waals surface area (Å²) in [6.45, 7) is 0. The molecule has 0 radical (unpaired) electrons. The summed E-state index contributed by atoms with van der Waals surface area (Å²) in [7, 11) is 1.65. The van der Waals surface area contributed by atoms with E-state index in [-0.39, 0.29) is 5.91 Å². The number of carbonyl (C=O) groups is 1. The number of fused-ring (bicyclic) bond motifs is 1. The van der Waals surface area contributed by atoms with E-state index in [9.17, 15) is 4.79 Å². The summed E-state index contributed by atoms with van der Waals surface area (Å²) in [5.74, 6) is 0.00618. The van der Waals surface area contributed by atoms with Gasteiger partial charge in [0.1, 0.15) is 11.2 Å². The minimum absolute atomic E-state index is 0.00618. The second-order valence-corrected chi connectivity index (χ2v) is 8.12. The molecule has 0 aliphatic heterocycles. The van der Waals surface area contributed by atoms with Crippen LogP contribution in [0, 0.1) is 0 Å². The molecule has 0 unspecified atom stereocenters. The van der Waals surface area contributed by atoms with Crippen LogP contribution < -0.4 is 10.6 Å². The first kappa shape index (κ1) is 19.9. The summed E-state index contributed by atoms with van der Waals surface area (Å²) in [6, 6.07) is 20.3. The Kier molecular flexibility index (Phi) is 5.35. The van der Waals surface area contributed by atoms with Gasteiger partial charge in [0.25, 0.3) is 0 Å². The highest BCUT2D eigenvalue weighted by Crippen LogP contribution is 2.28. The van der Waals surface area contributed by atoms with Crippen LogP contribution in [0.5, 0.6) is 0 Å². The number of anilines is 2. The number of hydrogen-bond acceptors (Lipinski definition) is 6. The topological polar surface area (TPSA) is 84.2 Å². The Morgan fingerprint density at radius 1 is 1.03 bits per heavy atom. The van der Waals surface area contributed by atoms with E-state index in [1.54, 1.807) is 12.6 Å². The number of nitrogens with zero attached hydrogens (tertiary/aromatic N) is 4. The first-order chi connectivity index (χ1) is 15.7. The molecule has 0 bridgehead atoms. The Balaban J connectivity index is 1.41. The monoisotopic (exact) mass is 440 g/mol. The lowest BCUT2D eigenvalue weighted by Crippen LogP contribution is -2.19. The molecule has 2 aromatic carbocycles. The van der Waals surface area contributed by atoms with E-state index in [0.29, 0.717) is 6.42 Å². The van der Waals surface area contributed by atoms with E-state index in [1.165, 1.54) is 11.3 Å². The van der Waals surface area contributed by atoms with Gasteiger partial charge in [0.15, 0.2) is 0 Å². The number of carbonyl (C=O) groups excluding carboxylic acids is 1. The smallest absolute Gasteiger partial charge is 0.224 e. The van der Waals surface area contributed by atoms with Gasteiger partial charge in [-0.2, -0.15) is 0 Å². The summed E-state index contributed by atoms with van der Waals surface area (Å²) >= 11 is 1.46. The van der Waals surface area contributed by atoms with Crippen LogP contribution in [0.4, 0.5) is 10.8 Å². The van der Waals surface area contributed by atoms with E-state index >= 15 is 0 Å². The maximum absolute atomic E-state index is 11.6. The molecule has 0 saturated heterocycles. The number of amides is 1. The van der Waals surface area contributed by atoms with Gasteiger partial charge >= 0.3 is 0 Å². The highest BCUT2D eigenvalue weighted by Gasteiger charge is 2.09. The zero-order valence-corrected chi connectivity index (χ0v) is 18.1. The molecule has 3 aromatic heterocycles. The van der Waals surface area contributed by atoms with Crippen molar-refractivity contribution in [3.63, 3.8) is 0 Å². The van der Waals surface area contributed by atoms with Crippen molar-refractivity contribution in [2.45, 2.75) is 6.42 Å². The van der Waals surface area contributed by atoms with E-state index in [0.717, 1.165) is 44.4 Å². The van der Waals surface area contributed by atoms with Crippen LogP contribution in [-0.2, 0) is 11.2 Å². The van der Waals surface area contributed by atoms with Gasteiger partial charge < -0.3 is 10.6 Å². The maximum Gasteiger partial charge on any atom is 0.224 e. The van der Waals surface area contributed by atoms with Crippen LogP contribution in [0.1, 0.15) is 5.56 Å². The SMILES string of the molecule is CNC(=O)Cc1ccc(-c2ccn3c(-c4cccc(Nc5nncs5)c4)cnc3c2)cc1. The lowest BCUT2D eigenvalue weighted by Gasteiger charge is -2.08. The molecule has 1 amide bonds. The fraction of sp³-hybridized carbons (Fsp3) is 0.0833. The minimum atomic E-state index is 0.00618. The number of imidazole rings is 1. The average molecular weight is 441 g/mol. The predicted molar refractivity (Wildman–Crippen MR) is 127 cm³/mol. The van der Waals surface area contributed by atoms with Crippen molar-refractivity contribution in [1.29, 1.82) is 0 Å². The molecule has 0 spiro atoms. The van der Waals surface area contributed by atoms with Gasteiger partial charge in [-0.3, -0.25) is 9.20 Å². The maximum atomic E-state index is 11.6. The van der Waals surface area contributed by atoms with Crippen LogP contribution in [0.2, 0.25) is 0 Å². The van der Waals surface area contributed by atoms with Crippen LogP contribution in [0.15, 0.2) is 78.6 Å². The number of rotatable bonds is 6. The average Bonchev–Trinajstić information content (AvgIpc) is 3.49. The summed E-state index contributed by atoms with van der Waals surface area (Å²) in [5, 5.41) is 14.6. The summed E-state index contributed by atoms with van der Waals surface area (Å²) in [6.07, 6.45) is 4.30. The highest BCUT2D eigenvalue weighted by molar-refractivity contribution is 7.13. The quantitative estimate of drug-likeness (QED) is 0.405. The standard InChI is InChI=1S/C24H20N6OS/c1-25-23(31)11-16-5-7-17(8-6-16)18-9-10-30-21(14-26-22(30)13-18)19-3-2-4-20(12-19)28-24-29-27-15-32-24/h2-10,12-15H,11H2,1H3,(H,25,31)(H,28,29). The zero-order chi connectivity index (χ0) is 21.9. The third kappa shape index (κ3) is 4.08. The second-order valence-electron chi connectivity index (χ2n) is 7.28. The van der Waals surface area contributed by atoms with Crippen molar-refractivity contribution in [2.75, 3.05) is 12.4 Å². The van der Waals surface area contributed by atoms with Crippen LogP contribution in [0.3, 0.4) is 0 Å². The van der Waals surface area contributed by atoms with E-state index in [2.05, 4.69) is 54.5 Å². The van der Waals surface area contributed by atoms with Crippen LogP contribution in [-0.4, -0.2) is 32.5 Å². The molecule has 0 fully saturated rings. The molecule has 2 N–H and O–H groups in total. The van der Waals surface area contributed by atoms with Crippen molar-refractivity contribution in [3.05, 3.63) is 84.1 Å².